The van der Waals surface area contributed by atoms with Crippen molar-refractivity contribution in [2.24, 2.45) is 0 Å². The fourth-order valence-corrected chi connectivity index (χ4v) is 5.43. The van der Waals surface area contributed by atoms with Gasteiger partial charge in [0.2, 0.25) is 0 Å². The van der Waals surface area contributed by atoms with Crippen molar-refractivity contribution in [3.8, 4) is 5.69 Å². The second kappa shape index (κ2) is 5.73. The SMILES string of the molecule is O=c1c2c([nH]n1-c1ccccc1)CCN(S(=O)(=O)c1cccs1)C2. The smallest absolute Gasteiger partial charge is 0.276 e. The number of H-pyrrole nitrogens is 1. The normalized spacial score (nSPS) is 15.3. The molecule has 0 amide bonds. The number of benzene rings is 1. The summed E-state index contributed by atoms with van der Waals surface area (Å²) in [6.07, 6.45) is 0.495. The molecule has 1 aromatic carbocycles. The van der Waals surface area contributed by atoms with E-state index in [0.29, 0.717) is 22.7 Å². The van der Waals surface area contributed by atoms with E-state index < -0.39 is 10.0 Å². The summed E-state index contributed by atoms with van der Waals surface area (Å²) in [5.41, 5.74) is 1.87. The molecule has 0 fully saturated rings. The van der Waals surface area contributed by atoms with E-state index in [1.807, 2.05) is 30.3 Å². The molecule has 0 spiro atoms. The Kier molecular flexibility index (Phi) is 3.67. The molecule has 2 aromatic heterocycles. The molecule has 0 saturated heterocycles. The first-order valence-electron chi connectivity index (χ1n) is 7.49. The number of hydrogen-bond donors (Lipinski definition) is 1. The number of nitrogens with one attached hydrogen (secondary N) is 1. The van der Waals surface area contributed by atoms with Crippen LogP contribution in [0.2, 0.25) is 0 Å². The molecule has 6 nitrogen and oxygen atoms in total. The average Bonchev–Trinajstić information content (AvgIpc) is 3.24. The van der Waals surface area contributed by atoms with Crippen LogP contribution in [0.15, 0.2) is 56.8 Å². The van der Waals surface area contributed by atoms with Crippen LogP contribution in [0.3, 0.4) is 0 Å². The van der Waals surface area contributed by atoms with Crippen molar-refractivity contribution in [1.82, 2.24) is 14.1 Å². The zero-order chi connectivity index (χ0) is 16.7. The summed E-state index contributed by atoms with van der Waals surface area (Å²) in [4.78, 5) is 12.7. The third-order valence-corrected chi connectivity index (χ3v) is 7.34. The molecule has 0 saturated carbocycles. The molecule has 0 aliphatic carbocycles. The number of para-hydroxylation sites is 1. The van der Waals surface area contributed by atoms with Gasteiger partial charge in [0.1, 0.15) is 4.21 Å². The summed E-state index contributed by atoms with van der Waals surface area (Å²) in [5, 5.41) is 4.85. The summed E-state index contributed by atoms with van der Waals surface area (Å²) in [7, 11) is -3.54. The van der Waals surface area contributed by atoms with Gasteiger partial charge < -0.3 is 0 Å². The van der Waals surface area contributed by atoms with Crippen LogP contribution >= 0.6 is 11.3 Å². The lowest BCUT2D eigenvalue weighted by atomic mass is 10.1. The summed E-state index contributed by atoms with van der Waals surface area (Å²) >= 11 is 1.19. The van der Waals surface area contributed by atoms with Gasteiger partial charge in [0.25, 0.3) is 15.6 Å². The topological polar surface area (TPSA) is 75.2 Å². The summed E-state index contributed by atoms with van der Waals surface area (Å²) in [5.74, 6) is 0. The highest BCUT2D eigenvalue weighted by molar-refractivity contribution is 7.91. The molecular formula is C16H15N3O3S2. The Labute approximate surface area is 143 Å². The van der Waals surface area contributed by atoms with Crippen molar-refractivity contribution in [3.63, 3.8) is 0 Å². The Morgan fingerprint density at radius 3 is 2.58 bits per heavy atom. The molecule has 0 unspecified atom stereocenters. The van der Waals surface area contributed by atoms with Gasteiger partial charge in [-0.25, -0.2) is 13.1 Å². The van der Waals surface area contributed by atoms with Crippen LogP contribution in [0.1, 0.15) is 11.3 Å². The van der Waals surface area contributed by atoms with Crippen LogP contribution in [0, 0.1) is 0 Å². The lowest BCUT2D eigenvalue weighted by Crippen LogP contribution is -2.37. The molecule has 0 atom stereocenters. The van der Waals surface area contributed by atoms with Crippen LogP contribution < -0.4 is 5.56 Å². The Bertz CT molecular complexity index is 1020. The van der Waals surface area contributed by atoms with Crippen molar-refractivity contribution >= 4 is 21.4 Å². The largest absolute Gasteiger partial charge is 0.295 e. The number of thiophene rings is 1. The van der Waals surface area contributed by atoms with Crippen LogP contribution in [0.4, 0.5) is 0 Å². The molecule has 3 aromatic rings. The van der Waals surface area contributed by atoms with Gasteiger partial charge in [0.15, 0.2) is 0 Å². The number of fused-ring (bicyclic) bond motifs is 1. The van der Waals surface area contributed by atoms with Gasteiger partial charge in [0, 0.05) is 25.2 Å². The first kappa shape index (κ1) is 15.4. The molecule has 8 heteroatoms. The minimum absolute atomic E-state index is 0.102. The van der Waals surface area contributed by atoms with E-state index in [1.165, 1.54) is 20.3 Å². The Morgan fingerprint density at radius 2 is 1.88 bits per heavy atom. The van der Waals surface area contributed by atoms with E-state index in [2.05, 4.69) is 5.10 Å². The number of aromatic nitrogens is 2. The van der Waals surface area contributed by atoms with Crippen molar-refractivity contribution in [1.29, 1.82) is 0 Å². The van der Waals surface area contributed by atoms with Crippen LogP contribution in [-0.2, 0) is 23.0 Å². The molecule has 0 radical (unpaired) electrons. The molecule has 1 N–H and O–H groups in total. The number of nitrogens with zero attached hydrogens (tertiary/aromatic N) is 2. The maximum absolute atomic E-state index is 12.7. The molecule has 0 bridgehead atoms. The van der Waals surface area contributed by atoms with E-state index in [9.17, 15) is 13.2 Å². The van der Waals surface area contributed by atoms with E-state index in [-0.39, 0.29) is 12.1 Å². The Hall–Kier alpha value is -2.16. The fraction of sp³-hybridized carbons (Fsp3) is 0.188. The molecule has 24 heavy (non-hydrogen) atoms. The summed E-state index contributed by atoms with van der Waals surface area (Å²) in [6.45, 7) is 0.465. The lowest BCUT2D eigenvalue weighted by molar-refractivity contribution is 0.390. The minimum Gasteiger partial charge on any atom is -0.295 e. The second-order valence-corrected chi connectivity index (χ2v) is 8.68. The van der Waals surface area contributed by atoms with Gasteiger partial charge in [-0.3, -0.25) is 9.89 Å². The lowest BCUT2D eigenvalue weighted by Gasteiger charge is -2.24. The summed E-state index contributed by atoms with van der Waals surface area (Å²) in [6, 6.07) is 12.6. The molecule has 1 aliphatic rings. The highest BCUT2D eigenvalue weighted by Gasteiger charge is 2.32. The molecule has 124 valence electrons. The predicted octanol–water partition coefficient (Wildman–Crippen LogP) is 1.97. The van der Waals surface area contributed by atoms with Crippen LogP contribution in [0.5, 0.6) is 0 Å². The predicted molar refractivity (Wildman–Crippen MR) is 92.0 cm³/mol. The van der Waals surface area contributed by atoms with E-state index in [4.69, 9.17) is 0 Å². The van der Waals surface area contributed by atoms with E-state index in [1.54, 1.807) is 17.5 Å². The van der Waals surface area contributed by atoms with Crippen molar-refractivity contribution in [2.45, 2.75) is 17.2 Å². The first-order chi connectivity index (χ1) is 11.6. The third kappa shape index (κ3) is 2.43. The monoisotopic (exact) mass is 361 g/mol. The second-order valence-electron chi connectivity index (χ2n) is 5.57. The average molecular weight is 361 g/mol. The first-order valence-corrected chi connectivity index (χ1v) is 9.81. The molecular weight excluding hydrogens is 346 g/mol. The number of aromatic amines is 1. The highest BCUT2D eigenvalue weighted by Crippen LogP contribution is 2.25. The van der Waals surface area contributed by atoms with E-state index in [0.717, 1.165) is 11.4 Å². The van der Waals surface area contributed by atoms with Gasteiger partial charge >= 0.3 is 0 Å². The number of hydrogen-bond acceptors (Lipinski definition) is 4. The van der Waals surface area contributed by atoms with Gasteiger partial charge in [-0.05, 0) is 23.6 Å². The zero-order valence-electron chi connectivity index (χ0n) is 12.7. The Morgan fingerprint density at radius 1 is 1.08 bits per heavy atom. The van der Waals surface area contributed by atoms with Gasteiger partial charge in [-0.15, -0.1) is 11.3 Å². The molecule has 1 aliphatic heterocycles. The highest BCUT2D eigenvalue weighted by atomic mass is 32.2. The van der Waals surface area contributed by atoms with Gasteiger partial charge in [0.05, 0.1) is 11.3 Å². The number of sulfonamides is 1. The molecule has 3 heterocycles. The maximum Gasteiger partial charge on any atom is 0.276 e. The van der Waals surface area contributed by atoms with Crippen molar-refractivity contribution in [2.75, 3.05) is 6.54 Å². The third-order valence-electron chi connectivity index (χ3n) is 4.12. The fourth-order valence-electron chi connectivity index (χ4n) is 2.88. The van der Waals surface area contributed by atoms with Crippen LogP contribution in [-0.4, -0.2) is 29.0 Å². The molecule has 4 rings (SSSR count). The van der Waals surface area contributed by atoms with Crippen molar-refractivity contribution < 1.29 is 8.42 Å². The number of rotatable bonds is 3. The Balaban J connectivity index is 1.72. The van der Waals surface area contributed by atoms with Crippen molar-refractivity contribution in [3.05, 3.63) is 69.5 Å². The quantitative estimate of drug-likeness (QED) is 0.775. The van der Waals surface area contributed by atoms with E-state index >= 15 is 0 Å². The zero-order valence-corrected chi connectivity index (χ0v) is 14.3. The minimum atomic E-state index is -3.54. The standard InChI is InChI=1S/C16H15N3O3S2/c20-16-13-11-18(24(21,22)15-7-4-10-23-15)9-8-14(13)17-19(16)12-5-2-1-3-6-12/h1-7,10,17H,8-9,11H2. The maximum atomic E-state index is 12.7. The van der Waals surface area contributed by atoms with Gasteiger partial charge in [-0.1, -0.05) is 24.3 Å². The van der Waals surface area contributed by atoms with Gasteiger partial charge in [-0.2, -0.15) is 4.31 Å². The summed E-state index contributed by atoms with van der Waals surface area (Å²) < 4.78 is 28.5. The van der Waals surface area contributed by atoms with Crippen LogP contribution in [0.25, 0.3) is 5.69 Å².